The maximum absolute atomic E-state index is 13.6. The highest BCUT2D eigenvalue weighted by Crippen LogP contribution is 2.36. The van der Waals surface area contributed by atoms with E-state index >= 15 is 0 Å². The molecule has 1 aliphatic rings. The molecule has 1 saturated heterocycles. The Morgan fingerprint density at radius 3 is 2.65 bits per heavy atom. The number of nitrogens with zero attached hydrogens (tertiary/aromatic N) is 1. The molecule has 138 valence electrons. The number of hydrogen-bond donors (Lipinski definition) is 1. The van der Waals surface area contributed by atoms with E-state index in [1.807, 2.05) is 0 Å². The Kier molecular flexibility index (Phi) is 6.23. The maximum Gasteiger partial charge on any atom is 0.257 e. The van der Waals surface area contributed by atoms with Gasteiger partial charge >= 0.3 is 0 Å². The summed E-state index contributed by atoms with van der Waals surface area (Å²) in [6.45, 7) is 2.29. The minimum atomic E-state index is -1.20. The Morgan fingerprint density at radius 2 is 2.00 bits per heavy atom. The molecule has 1 amide bonds. The lowest BCUT2D eigenvalue weighted by molar-refractivity contribution is 0.102. The first kappa shape index (κ1) is 19.6. The summed E-state index contributed by atoms with van der Waals surface area (Å²) in [7, 11) is 0. The van der Waals surface area contributed by atoms with Crippen LogP contribution in [-0.2, 0) is 0 Å². The van der Waals surface area contributed by atoms with Crippen LogP contribution in [0.4, 0.5) is 15.8 Å². The van der Waals surface area contributed by atoms with Gasteiger partial charge in [0, 0.05) is 28.7 Å². The molecule has 8 heteroatoms. The quantitative estimate of drug-likeness (QED) is 0.539. The second-order valence-electron chi connectivity index (χ2n) is 5.92. The standard InChI is InChI=1S/C18H16Cl3FN2OS/c1-10(22)11-5-12(19)7-13(6-11)23-18(25)15-8-14(9-16(20)17(15)21)24-3-2-4-26-24/h5-10H,2-4H2,1H3,(H,23,25). The molecule has 1 aliphatic heterocycles. The van der Waals surface area contributed by atoms with E-state index in [4.69, 9.17) is 34.8 Å². The maximum atomic E-state index is 13.6. The normalized spacial score (nSPS) is 15.2. The van der Waals surface area contributed by atoms with E-state index in [1.54, 1.807) is 36.2 Å². The summed E-state index contributed by atoms with van der Waals surface area (Å²) < 4.78 is 15.7. The third kappa shape index (κ3) is 4.39. The van der Waals surface area contributed by atoms with Crippen LogP contribution in [0.5, 0.6) is 0 Å². The van der Waals surface area contributed by atoms with E-state index in [9.17, 15) is 9.18 Å². The van der Waals surface area contributed by atoms with Crippen molar-refractivity contribution in [1.82, 2.24) is 0 Å². The van der Waals surface area contributed by atoms with Gasteiger partial charge in [0.25, 0.3) is 5.91 Å². The van der Waals surface area contributed by atoms with Gasteiger partial charge in [-0.05, 0) is 61.2 Å². The number of anilines is 2. The predicted molar refractivity (Wildman–Crippen MR) is 110 cm³/mol. The molecule has 26 heavy (non-hydrogen) atoms. The fraction of sp³-hybridized carbons (Fsp3) is 0.278. The van der Waals surface area contributed by atoms with Crippen LogP contribution < -0.4 is 9.62 Å². The number of nitrogens with one attached hydrogen (secondary N) is 1. The molecule has 0 saturated carbocycles. The van der Waals surface area contributed by atoms with Crippen LogP contribution >= 0.6 is 46.8 Å². The van der Waals surface area contributed by atoms with Gasteiger partial charge in [0.05, 0.1) is 15.6 Å². The number of rotatable bonds is 4. The summed E-state index contributed by atoms with van der Waals surface area (Å²) in [6, 6.07) is 8.09. The van der Waals surface area contributed by atoms with E-state index < -0.39 is 12.1 Å². The number of benzene rings is 2. The second kappa shape index (κ2) is 8.26. The highest BCUT2D eigenvalue weighted by molar-refractivity contribution is 8.00. The number of carbonyl (C=O) groups is 1. The molecule has 3 rings (SSSR count). The fourth-order valence-corrected chi connectivity index (χ4v) is 4.29. The minimum absolute atomic E-state index is 0.179. The first-order chi connectivity index (χ1) is 12.3. The van der Waals surface area contributed by atoms with Crippen molar-refractivity contribution >= 4 is 64.0 Å². The Bertz CT molecular complexity index is 841. The van der Waals surface area contributed by atoms with Gasteiger partial charge in [-0.15, -0.1) is 0 Å². The third-order valence-corrected chi connectivity index (χ3v) is 6.13. The van der Waals surface area contributed by atoms with Crippen molar-refractivity contribution in [2.24, 2.45) is 0 Å². The van der Waals surface area contributed by atoms with Crippen LogP contribution in [-0.4, -0.2) is 18.2 Å². The van der Waals surface area contributed by atoms with Gasteiger partial charge in [0.15, 0.2) is 0 Å². The summed E-state index contributed by atoms with van der Waals surface area (Å²) in [6.07, 6.45) is -0.128. The van der Waals surface area contributed by atoms with Gasteiger partial charge in [0.1, 0.15) is 6.17 Å². The van der Waals surface area contributed by atoms with Gasteiger partial charge in [-0.1, -0.05) is 34.8 Å². The average Bonchev–Trinajstić information content (AvgIpc) is 3.11. The molecule has 0 spiro atoms. The Hall–Kier alpha value is -1.14. The van der Waals surface area contributed by atoms with E-state index in [2.05, 4.69) is 9.62 Å². The Morgan fingerprint density at radius 1 is 1.23 bits per heavy atom. The SMILES string of the molecule is CC(F)c1cc(Cl)cc(NC(=O)c2cc(N3CCCS3)cc(Cl)c2Cl)c1. The van der Waals surface area contributed by atoms with Crippen LogP contribution in [0.1, 0.15) is 35.4 Å². The second-order valence-corrected chi connectivity index (χ2v) is 8.25. The van der Waals surface area contributed by atoms with Crippen LogP contribution in [0.15, 0.2) is 30.3 Å². The zero-order valence-electron chi connectivity index (χ0n) is 13.9. The van der Waals surface area contributed by atoms with Gasteiger partial charge in [-0.2, -0.15) is 0 Å². The molecular formula is C18H16Cl3FN2OS. The van der Waals surface area contributed by atoms with Gasteiger partial charge < -0.3 is 9.62 Å². The summed E-state index contributed by atoms with van der Waals surface area (Å²) in [5.41, 5.74) is 1.88. The number of halogens is 4. The van der Waals surface area contributed by atoms with Crippen molar-refractivity contribution in [2.75, 3.05) is 21.9 Å². The van der Waals surface area contributed by atoms with Crippen LogP contribution in [0.3, 0.4) is 0 Å². The van der Waals surface area contributed by atoms with Crippen molar-refractivity contribution in [2.45, 2.75) is 19.5 Å². The summed E-state index contributed by atoms with van der Waals surface area (Å²) in [5.74, 6) is 0.594. The molecule has 3 nitrogen and oxygen atoms in total. The molecule has 2 aromatic carbocycles. The largest absolute Gasteiger partial charge is 0.322 e. The third-order valence-electron chi connectivity index (χ3n) is 3.94. The summed E-state index contributed by atoms with van der Waals surface area (Å²) in [5, 5.41) is 3.55. The number of carbonyl (C=O) groups excluding carboxylic acids is 1. The van der Waals surface area contributed by atoms with Gasteiger partial charge in [0.2, 0.25) is 0 Å². The molecule has 1 fully saturated rings. The van der Waals surface area contributed by atoms with Crippen LogP contribution in [0, 0.1) is 0 Å². The molecular weight excluding hydrogens is 418 g/mol. The van der Waals surface area contributed by atoms with Crippen molar-refractivity contribution < 1.29 is 9.18 Å². The highest BCUT2D eigenvalue weighted by Gasteiger charge is 2.20. The van der Waals surface area contributed by atoms with Crippen molar-refractivity contribution in [3.63, 3.8) is 0 Å². The van der Waals surface area contributed by atoms with Crippen LogP contribution in [0.25, 0.3) is 0 Å². The first-order valence-electron chi connectivity index (χ1n) is 8.00. The molecule has 0 radical (unpaired) electrons. The monoisotopic (exact) mass is 432 g/mol. The minimum Gasteiger partial charge on any atom is -0.322 e. The molecule has 1 atom stereocenters. The molecule has 1 N–H and O–H groups in total. The van der Waals surface area contributed by atoms with E-state index in [-0.39, 0.29) is 10.6 Å². The Labute approximate surface area is 170 Å². The number of amides is 1. The van der Waals surface area contributed by atoms with E-state index in [1.165, 1.54) is 13.0 Å². The van der Waals surface area contributed by atoms with Gasteiger partial charge in [-0.25, -0.2) is 4.39 Å². The highest BCUT2D eigenvalue weighted by atomic mass is 35.5. The van der Waals surface area contributed by atoms with E-state index in [0.29, 0.717) is 21.3 Å². The zero-order chi connectivity index (χ0) is 18.8. The molecule has 0 bridgehead atoms. The summed E-state index contributed by atoms with van der Waals surface area (Å²) >= 11 is 20.2. The first-order valence-corrected chi connectivity index (χ1v) is 10.1. The Balaban J connectivity index is 1.90. The van der Waals surface area contributed by atoms with Crippen molar-refractivity contribution in [1.29, 1.82) is 0 Å². The topological polar surface area (TPSA) is 32.3 Å². The fourth-order valence-electron chi connectivity index (χ4n) is 2.65. The predicted octanol–water partition coefficient (Wildman–Crippen LogP) is 6.79. The molecule has 1 heterocycles. The number of hydrogen-bond acceptors (Lipinski definition) is 3. The van der Waals surface area contributed by atoms with Gasteiger partial charge in [-0.3, -0.25) is 4.79 Å². The molecule has 0 aromatic heterocycles. The van der Waals surface area contributed by atoms with E-state index in [0.717, 1.165) is 24.4 Å². The zero-order valence-corrected chi connectivity index (χ0v) is 16.9. The molecule has 1 unspecified atom stereocenters. The average molecular weight is 434 g/mol. The lowest BCUT2D eigenvalue weighted by atomic mass is 10.1. The number of alkyl halides is 1. The van der Waals surface area contributed by atoms with Crippen molar-refractivity contribution in [3.05, 3.63) is 56.5 Å². The molecule has 0 aliphatic carbocycles. The smallest absolute Gasteiger partial charge is 0.257 e. The molecule has 2 aromatic rings. The van der Waals surface area contributed by atoms with Crippen molar-refractivity contribution in [3.8, 4) is 0 Å². The lowest BCUT2D eigenvalue weighted by Crippen LogP contribution is -2.15. The lowest BCUT2D eigenvalue weighted by Gasteiger charge is -2.18. The summed E-state index contributed by atoms with van der Waals surface area (Å²) in [4.78, 5) is 12.7. The van der Waals surface area contributed by atoms with Crippen LogP contribution in [0.2, 0.25) is 15.1 Å².